The standard InChI is InChI=1S/C15H22N2O2/c16-15(18)17(19)11-10-12-6-8-14(9-7-12)13-4-2-1-3-5-13/h1-5,12,14,19H,6-11H2,(H2,16,18). The fourth-order valence-corrected chi connectivity index (χ4v) is 2.92. The molecule has 1 aromatic rings. The van der Waals surface area contributed by atoms with Gasteiger partial charge in [-0.3, -0.25) is 5.21 Å². The first kappa shape index (κ1) is 13.9. The topological polar surface area (TPSA) is 66.6 Å². The number of hydroxylamine groups is 2. The Morgan fingerprint density at radius 1 is 1.21 bits per heavy atom. The van der Waals surface area contributed by atoms with Crippen molar-refractivity contribution in [2.45, 2.75) is 38.0 Å². The van der Waals surface area contributed by atoms with E-state index in [1.165, 1.54) is 18.4 Å². The van der Waals surface area contributed by atoms with Crippen molar-refractivity contribution in [2.75, 3.05) is 6.54 Å². The Labute approximate surface area is 114 Å². The molecule has 3 N–H and O–H groups in total. The zero-order chi connectivity index (χ0) is 13.7. The number of urea groups is 1. The van der Waals surface area contributed by atoms with Crippen LogP contribution in [0.15, 0.2) is 30.3 Å². The SMILES string of the molecule is NC(=O)N(O)CCC1CCC(c2ccccc2)CC1. The number of carbonyl (C=O) groups is 1. The fraction of sp³-hybridized carbons (Fsp3) is 0.533. The molecule has 0 radical (unpaired) electrons. The lowest BCUT2D eigenvalue weighted by Gasteiger charge is -2.29. The number of primary amides is 1. The molecule has 1 aliphatic rings. The minimum absolute atomic E-state index is 0.343. The van der Waals surface area contributed by atoms with Crippen LogP contribution in [0.5, 0.6) is 0 Å². The summed E-state index contributed by atoms with van der Waals surface area (Å²) in [6.45, 7) is 0.343. The lowest BCUT2D eigenvalue weighted by atomic mass is 9.77. The summed E-state index contributed by atoms with van der Waals surface area (Å²) >= 11 is 0. The van der Waals surface area contributed by atoms with Crippen LogP contribution < -0.4 is 5.73 Å². The van der Waals surface area contributed by atoms with E-state index in [-0.39, 0.29) is 0 Å². The number of carbonyl (C=O) groups excluding carboxylic acids is 1. The number of rotatable bonds is 4. The zero-order valence-electron chi connectivity index (χ0n) is 11.2. The summed E-state index contributed by atoms with van der Waals surface area (Å²) in [5.74, 6) is 1.26. The van der Waals surface area contributed by atoms with Crippen LogP contribution in [-0.2, 0) is 0 Å². The predicted octanol–water partition coefficient (Wildman–Crippen LogP) is 3.12. The molecule has 0 aliphatic heterocycles. The number of hydrogen-bond acceptors (Lipinski definition) is 2. The summed E-state index contributed by atoms with van der Waals surface area (Å²) in [5.41, 5.74) is 6.42. The van der Waals surface area contributed by atoms with Crippen molar-refractivity contribution in [1.29, 1.82) is 0 Å². The average molecular weight is 262 g/mol. The van der Waals surface area contributed by atoms with Crippen LogP contribution in [0, 0.1) is 5.92 Å². The quantitative estimate of drug-likeness (QED) is 0.646. The molecule has 1 fully saturated rings. The van der Waals surface area contributed by atoms with E-state index >= 15 is 0 Å². The molecule has 1 aliphatic carbocycles. The highest BCUT2D eigenvalue weighted by Gasteiger charge is 2.22. The van der Waals surface area contributed by atoms with E-state index < -0.39 is 6.03 Å². The average Bonchev–Trinajstić information content (AvgIpc) is 2.46. The smallest absolute Gasteiger partial charge is 0.338 e. The Morgan fingerprint density at radius 2 is 1.84 bits per heavy atom. The number of nitrogens with two attached hydrogens (primary N) is 1. The normalized spacial score (nSPS) is 23.0. The van der Waals surface area contributed by atoms with Gasteiger partial charge in [0.15, 0.2) is 0 Å². The predicted molar refractivity (Wildman–Crippen MR) is 73.8 cm³/mol. The van der Waals surface area contributed by atoms with Crippen molar-refractivity contribution in [3.8, 4) is 0 Å². The number of amides is 2. The van der Waals surface area contributed by atoms with E-state index in [1.807, 2.05) is 0 Å². The summed E-state index contributed by atoms with van der Waals surface area (Å²) < 4.78 is 0. The van der Waals surface area contributed by atoms with Gasteiger partial charge in [-0.1, -0.05) is 30.3 Å². The maximum Gasteiger partial charge on any atom is 0.338 e. The summed E-state index contributed by atoms with van der Waals surface area (Å²) in [5, 5.41) is 9.86. The van der Waals surface area contributed by atoms with Gasteiger partial charge in [0.25, 0.3) is 0 Å². The second kappa shape index (κ2) is 6.57. The molecule has 4 heteroatoms. The van der Waals surface area contributed by atoms with Gasteiger partial charge in [-0.2, -0.15) is 0 Å². The van der Waals surface area contributed by atoms with Gasteiger partial charge in [-0.25, -0.2) is 9.86 Å². The van der Waals surface area contributed by atoms with Crippen molar-refractivity contribution >= 4 is 6.03 Å². The van der Waals surface area contributed by atoms with E-state index in [4.69, 9.17) is 5.73 Å². The lowest BCUT2D eigenvalue weighted by Crippen LogP contribution is -2.34. The first-order valence-electron chi connectivity index (χ1n) is 6.97. The van der Waals surface area contributed by atoms with Crippen LogP contribution >= 0.6 is 0 Å². The molecular formula is C15H22N2O2. The molecule has 1 aromatic carbocycles. The number of hydrogen-bond donors (Lipinski definition) is 2. The number of benzene rings is 1. The zero-order valence-corrected chi connectivity index (χ0v) is 11.2. The van der Waals surface area contributed by atoms with Crippen molar-refractivity contribution in [3.63, 3.8) is 0 Å². The van der Waals surface area contributed by atoms with Gasteiger partial charge in [0.1, 0.15) is 0 Å². The van der Waals surface area contributed by atoms with E-state index in [1.54, 1.807) is 0 Å². The van der Waals surface area contributed by atoms with Crippen molar-refractivity contribution in [3.05, 3.63) is 35.9 Å². The highest BCUT2D eigenvalue weighted by atomic mass is 16.5. The molecule has 0 saturated heterocycles. The van der Waals surface area contributed by atoms with Crippen LogP contribution in [0.4, 0.5) is 4.79 Å². The Morgan fingerprint density at radius 3 is 2.42 bits per heavy atom. The van der Waals surface area contributed by atoms with Crippen LogP contribution in [0.1, 0.15) is 43.6 Å². The molecular weight excluding hydrogens is 240 g/mol. The Hall–Kier alpha value is -1.55. The maximum absolute atomic E-state index is 10.7. The highest BCUT2D eigenvalue weighted by molar-refractivity contribution is 5.70. The van der Waals surface area contributed by atoms with E-state index in [0.717, 1.165) is 19.3 Å². The summed E-state index contributed by atoms with van der Waals surface area (Å²) in [4.78, 5) is 10.7. The first-order valence-corrected chi connectivity index (χ1v) is 6.97. The molecule has 104 valence electrons. The molecule has 4 nitrogen and oxygen atoms in total. The van der Waals surface area contributed by atoms with Crippen molar-refractivity contribution in [2.24, 2.45) is 11.7 Å². The third kappa shape index (κ3) is 3.96. The Bertz CT molecular complexity index is 400. The summed E-state index contributed by atoms with van der Waals surface area (Å²) in [7, 11) is 0. The first-order chi connectivity index (χ1) is 9.16. The van der Waals surface area contributed by atoms with Gasteiger partial charge in [-0.05, 0) is 49.5 Å². The number of nitrogens with zero attached hydrogens (tertiary/aromatic N) is 1. The fourth-order valence-electron chi connectivity index (χ4n) is 2.92. The summed E-state index contributed by atoms with van der Waals surface area (Å²) in [6.07, 6.45) is 5.53. The minimum Gasteiger partial charge on any atom is -0.350 e. The third-order valence-corrected chi connectivity index (χ3v) is 4.12. The third-order valence-electron chi connectivity index (χ3n) is 4.12. The molecule has 0 spiro atoms. The lowest BCUT2D eigenvalue weighted by molar-refractivity contribution is -0.0438. The van der Waals surface area contributed by atoms with E-state index in [2.05, 4.69) is 30.3 Å². The molecule has 0 atom stereocenters. The molecule has 19 heavy (non-hydrogen) atoms. The second-order valence-corrected chi connectivity index (χ2v) is 5.38. The van der Waals surface area contributed by atoms with E-state index in [9.17, 15) is 10.0 Å². The van der Waals surface area contributed by atoms with Crippen LogP contribution in [-0.4, -0.2) is 22.8 Å². The molecule has 0 bridgehead atoms. The molecule has 0 heterocycles. The van der Waals surface area contributed by atoms with Gasteiger partial charge in [-0.15, -0.1) is 0 Å². The van der Waals surface area contributed by atoms with Gasteiger partial charge in [0.05, 0.1) is 6.54 Å². The maximum atomic E-state index is 10.7. The van der Waals surface area contributed by atoms with E-state index in [0.29, 0.717) is 23.4 Å². The second-order valence-electron chi connectivity index (χ2n) is 5.38. The molecule has 0 unspecified atom stereocenters. The van der Waals surface area contributed by atoms with Crippen LogP contribution in [0.2, 0.25) is 0 Å². The van der Waals surface area contributed by atoms with Gasteiger partial charge < -0.3 is 5.73 Å². The molecule has 1 saturated carbocycles. The summed E-state index contributed by atoms with van der Waals surface area (Å²) in [6, 6.07) is 9.88. The van der Waals surface area contributed by atoms with Gasteiger partial charge in [0.2, 0.25) is 0 Å². The monoisotopic (exact) mass is 262 g/mol. The molecule has 2 rings (SSSR count). The van der Waals surface area contributed by atoms with Crippen LogP contribution in [0.3, 0.4) is 0 Å². The molecule has 0 aromatic heterocycles. The Balaban J connectivity index is 1.75. The highest BCUT2D eigenvalue weighted by Crippen LogP contribution is 2.36. The Kier molecular flexibility index (Phi) is 4.80. The van der Waals surface area contributed by atoms with Gasteiger partial charge in [0, 0.05) is 0 Å². The van der Waals surface area contributed by atoms with Gasteiger partial charge >= 0.3 is 6.03 Å². The van der Waals surface area contributed by atoms with Crippen molar-refractivity contribution < 1.29 is 10.0 Å². The van der Waals surface area contributed by atoms with Crippen molar-refractivity contribution in [1.82, 2.24) is 5.06 Å². The molecule has 2 amide bonds. The minimum atomic E-state index is -0.766. The van der Waals surface area contributed by atoms with Crippen LogP contribution in [0.25, 0.3) is 0 Å². The largest absolute Gasteiger partial charge is 0.350 e.